The lowest BCUT2D eigenvalue weighted by atomic mass is 9.86. The molecule has 0 bridgehead atoms. The van der Waals surface area contributed by atoms with Crippen LogP contribution in [-0.4, -0.2) is 19.2 Å². The van der Waals surface area contributed by atoms with Gasteiger partial charge in [-0.2, -0.15) is 0 Å². The molecule has 0 N–H and O–H groups in total. The van der Waals surface area contributed by atoms with Crippen LogP contribution in [0.15, 0.2) is 75.9 Å². The number of para-hydroxylation sites is 1. The zero-order valence-electron chi connectivity index (χ0n) is 18.4. The van der Waals surface area contributed by atoms with Gasteiger partial charge in [0, 0.05) is 18.8 Å². The highest BCUT2D eigenvalue weighted by atomic mass is 16.5. The minimum absolute atomic E-state index is 0.0817. The second kappa shape index (κ2) is 8.37. The summed E-state index contributed by atoms with van der Waals surface area (Å²) in [5.74, 6) is 1.22. The van der Waals surface area contributed by atoms with Crippen molar-refractivity contribution in [1.82, 2.24) is 0 Å². The normalized spacial score (nSPS) is 16.5. The fourth-order valence-corrected chi connectivity index (χ4v) is 4.73. The molecule has 34 heavy (non-hydrogen) atoms. The van der Waals surface area contributed by atoms with Crippen molar-refractivity contribution in [3.8, 4) is 17.2 Å². The monoisotopic (exact) mass is 454 g/mol. The van der Waals surface area contributed by atoms with Gasteiger partial charge in [-0.25, -0.2) is 4.79 Å². The van der Waals surface area contributed by atoms with Crippen molar-refractivity contribution in [3.63, 3.8) is 0 Å². The van der Waals surface area contributed by atoms with Crippen LogP contribution in [0.5, 0.6) is 17.2 Å². The maximum absolute atomic E-state index is 12.8. The Morgan fingerprint density at radius 2 is 1.82 bits per heavy atom. The molecule has 2 aliphatic heterocycles. The zero-order valence-corrected chi connectivity index (χ0v) is 18.4. The van der Waals surface area contributed by atoms with Crippen molar-refractivity contribution < 1.29 is 23.4 Å². The molecule has 0 saturated heterocycles. The first kappa shape index (κ1) is 20.5. The number of fused-ring (bicyclic) bond motifs is 4. The van der Waals surface area contributed by atoms with Crippen LogP contribution in [0, 0.1) is 0 Å². The molecule has 3 heterocycles. The molecule has 0 saturated carbocycles. The predicted molar refractivity (Wildman–Crippen MR) is 126 cm³/mol. The summed E-state index contributed by atoms with van der Waals surface area (Å²) in [5.41, 5.74) is 3.62. The zero-order chi connectivity index (χ0) is 23.1. The summed E-state index contributed by atoms with van der Waals surface area (Å²) >= 11 is 0. The number of benzene rings is 3. The Balaban J connectivity index is 1.20. The van der Waals surface area contributed by atoms with Gasteiger partial charge in [0.2, 0.25) is 0 Å². The van der Waals surface area contributed by atoms with Crippen LogP contribution in [0.4, 0.5) is 0 Å². The van der Waals surface area contributed by atoms with E-state index in [-0.39, 0.29) is 12.4 Å². The minimum atomic E-state index is -0.480. The van der Waals surface area contributed by atoms with Gasteiger partial charge in [-0.1, -0.05) is 36.4 Å². The van der Waals surface area contributed by atoms with Gasteiger partial charge in [-0.05, 0) is 47.0 Å². The molecule has 6 rings (SSSR count). The lowest BCUT2D eigenvalue weighted by Gasteiger charge is -2.24. The van der Waals surface area contributed by atoms with Crippen molar-refractivity contribution in [2.24, 2.45) is 0 Å². The average Bonchev–Trinajstić information content (AvgIpc) is 3.32. The van der Waals surface area contributed by atoms with Crippen molar-refractivity contribution in [2.45, 2.75) is 25.2 Å². The van der Waals surface area contributed by atoms with E-state index in [0.29, 0.717) is 28.9 Å². The standard InChI is InChI=1S/C28H22O6/c29-25-16-22(26-27(34-25)21-3-1-2-4-24(21)33-28(26)30)18-6-8-20(9-7-18)31-13-11-17-5-10-23-19(15-17)12-14-32-23/h1-10,15,22H,11-14,16H2/t22-/m0/s1. The van der Waals surface area contributed by atoms with E-state index >= 15 is 0 Å². The molecule has 1 aromatic heterocycles. The van der Waals surface area contributed by atoms with Crippen molar-refractivity contribution in [2.75, 3.05) is 13.2 Å². The van der Waals surface area contributed by atoms with Crippen molar-refractivity contribution >= 4 is 16.9 Å². The molecule has 0 spiro atoms. The molecule has 170 valence electrons. The highest BCUT2D eigenvalue weighted by Gasteiger charge is 2.33. The first-order chi connectivity index (χ1) is 16.7. The lowest BCUT2D eigenvalue weighted by molar-refractivity contribution is -0.135. The number of rotatable bonds is 5. The lowest BCUT2D eigenvalue weighted by Crippen LogP contribution is -2.26. The van der Waals surface area contributed by atoms with Crippen molar-refractivity contribution in [3.05, 3.63) is 99.4 Å². The molecule has 6 heteroatoms. The Morgan fingerprint density at radius 3 is 2.71 bits per heavy atom. The summed E-state index contributed by atoms with van der Waals surface area (Å²) in [5, 5.41) is 0.619. The van der Waals surface area contributed by atoms with E-state index in [4.69, 9.17) is 18.6 Å². The predicted octanol–water partition coefficient (Wildman–Crippen LogP) is 4.79. The molecule has 6 nitrogen and oxygen atoms in total. The molecule has 4 aromatic rings. The Labute approximate surface area is 195 Å². The van der Waals surface area contributed by atoms with E-state index in [2.05, 4.69) is 12.1 Å². The third kappa shape index (κ3) is 3.71. The third-order valence-electron chi connectivity index (χ3n) is 6.43. The number of esters is 1. The van der Waals surface area contributed by atoms with Gasteiger partial charge in [0.25, 0.3) is 0 Å². The Morgan fingerprint density at radius 1 is 0.971 bits per heavy atom. The molecule has 2 aliphatic rings. The highest BCUT2D eigenvalue weighted by Crippen LogP contribution is 2.40. The van der Waals surface area contributed by atoms with E-state index < -0.39 is 11.5 Å². The number of carbonyl (C=O) groups excluding carboxylic acids is 1. The van der Waals surface area contributed by atoms with Crippen LogP contribution >= 0.6 is 0 Å². The largest absolute Gasteiger partial charge is 0.493 e. The number of carbonyl (C=O) groups is 1. The minimum Gasteiger partial charge on any atom is -0.493 e. The maximum Gasteiger partial charge on any atom is 0.343 e. The fourth-order valence-electron chi connectivity index (χ4n) is 4.73. The summed E-state index contributed by atoms with van der Waals surface area (Å²) < 4.78 is 22.5. The van der Waals surface area contributed by atoms with E-state index in [9.17, 15) is 9.59 Å². The van der Waals surface area contributed by atoms with Gasteiger partial charge in [-0.15, -0.1) is 0 Å². The summed E-state index contributed by atoms with van der Waals surface area (Å²) in [7, 11) is 0. The van der Waals surface area contributed by atoms with Gasteiger partial charge >= 0.3 is 11.6 Å². The van der Waals surface area contributed by atoms with Gasteiger partial charge in [-0.3, -0.25) is 4.79 Å². The number of hydrogen-bond donors (Lipinski definition) is 0. The molecule has 1 atom stereocenters. The average molecular weight is 454 g/mol. The quantitative estimate of drug-likeness (QED) is 0.319. The summed E-state index contributed by atoms with van der Waals surface area (Å²) in [4.78, 5) is 25.2. The Hall–Kier alpha value is -4.06. The maximum atomic E-state index is 12.8. The van der Waals surface area contributed by atoms with Crippen LogP contribution in [0.25, 0.3) is 11.0 Å². The number of hydrogen-bond acceptors (Lipinski definition) is 6. The Bertz CT molecular complexity index is 1450. The second-order valence-electron chi connectivity index (χ2n) is 8.57. The number of ether oxygens (including phenoxy) is 3. The first-order valence-corrected chi connectivity index (χ1v) is 11.4. The first-order valence-electron chi connectivity index (χ1n) is 11.4. The molecule has 0 unspecified atom stereocenters. The van der Waals surface area contributed by atoms with Crippen molar-refractivity contribution in [1.29, 1.82) is 0 Å². The highest BCUT2D eigenvalue weighted by molar-refractivity contribution is 5.90. The van der Waals surface area contributed by atoms with E-state index in [1.54, 1.807) is 18.2 Å². The third-order valence-corrected chi connectivity index (χ3v) is 6.43. The molecular formula is C28H22O6. The molecule has 0 radical (unpaired) electrons. The smallest absolute Gasteiger partial charge is 0.343 e. The summed E-state index contributed by atoms with van der Waals surface area (Å²) in [6.45, 7) is 1.30. The molecular weight excluding hydrogens is 432 g/mol. The van der Waals surface area contributed by atoms with E-state index in [1.807, 2.05) is 36.4 Å². The molecule has 0 fully saturated rings. The van der Waals surface area contributed by atoms with E-state index in [0.717, 1.165) is 36.5 Å². The summed E-state index contributed by atoms with van der Waals surface area (Å²) in [6, 6.07) is 20.9. The Kier molecular flexibility index (Phi) is 5.06. The topological polar surface area (TPSA) is 75.0 Å². The molecule has 3 aromatic carbocycles. The van der Waals surface area contributed by atoms with Gasteiger partial charge in [0.05, 0.1) is 30.6 Å². The molecule has 0 amide bonds. The van der Waals surface area contributed by atoms with Crippen LogP contribution in [0.1, 0.15) is 34.6 Å². The SMILES string of the molecule is O=C1C[C@@H](c2ccc(OCCc3ccc4c(c3)CCO4)cc2)c2c(c3ccccc3oc2=O)O1. The summed E-state index contributed by atoms with van der Waals surface area (Å²) in [6.07, 6.45) is 1.83. The van der Waals surface area contributed by atoms with Crippen LogP contribution in [0.2, 0.25) is 0 Å². The van der Waals surface area contributed by atoms with E-state index in [1.165, 1.54) is 11.1 Å². The van der Waals surface area contributed by atoms with Crippen LogP contribution in [0.3, 0.4) is 0 Å². The van der Waals surface area contributed by atoms with Crippen LogP contribution < -0.4 is 19.8 Å². The molecule has 0 aliphatic carbocycles. The second-order valence-corrected chi connectivity index (χ2v) is 8.57. The van der Waals surface area contributed by atoms with Gasteiger partial charge < -0.3 is 18.6 Å². The van der Waals surface area contributed by atoms with Crippen LogP contribution in [-0.2, 0) is 17.6 Å². The van der Waals surface area contributed by atoms with Gasteiger partial charge in [0.15, 0.2) is 5.75 Å². The fraction of sp³-hybridized carbons (Fsp3) is 0.214. The van der Waals surface area contributed by atoms with Gasteiger partial charge in [0.1, 0.15) is 17.1 Å².